The first-order chi connectivity index (χ1) is 8.92. The van der Waals surface area contributed by atoms with Crippen molar-refractivity contribution in [2.45, 2.75) is 30.7 Å². The molecule has 0 N–H and O–H groups in total. The maximum absolute atomic E-state index is 4.38. The summed E-state index contributed by atoms with van der Waals surface area (Å²) in [6.45, 7) is 0. The maximum atomic E-state index is 4.38. The van der Waals surface area contributed by atoms with Gasteiger partial charge in [-0.15, -0.1) is 11.8 Å². The van der Waals surface area contributed by atoms with Crippen LogP contribution in [0, 0.1) is 0 Å². The number of thioether (sulfide) groups is 1. The lowest BCUT2D eigenvalue weighted by Gasteiger charge is -2.04. The summed E-state index contributed by atoms with van der Waals surface area (Å²) in [4.78, 5) is 8.66. The molecule has 1 heterocycles. The van der Waals surface area contributed by atoms with Gasteiger partial charge in [-0.25, -0.2) is 9.97 Å². The van der Waals surface area contributed by atoms with Gasteiger partial charge in [0.15, 0.2) is 0 Å². The van der Waals surface area contributed by atoms with E-state index in [9.17, 15) is 0 Å². The van der Waals surface area contributed by atoms with Gasteiger partial charge in [0, 0.05) is 5.39 Å². The Balaban J connectivity index is 1.88. The molecule has 0 radical (unpaired) electrons. The monoisotopic (exact) mass is 278 g/mol. The second-order valence-electron chi connectivity index (χ2n) is 4.18. The number of unbranched alkanes of at least 4 members (excludes halogenated alkanes) is 3. The molecule has 0 fully saturated rings. The lowest BCUT2D eigenvalue weighted by atomic mass is 10.2. The van der Waals surface area contributed by atoms with Crippen LogP contribution in [0.5, 0.6) is 0 Å². The third kappa shape index (κ3) is 3.89. The second kappa shape index (κ2) is 7.64. The number of fused-ring (bicyclic) bond motifs is 1. The van der Waals surface area contributed by atoms with Crippen LogP contribution in [-0.4, -0.2) is 21.5 Å². The molecule has 0 unspecified atom stereocenters. The standard InChI is InChI=1S/C14H18N2S2/c17-9-5-1-2-6-10-18-14-12-7-3-4-8-13(12)15-11-16-14/h3-4,7-8,11,17H,1-2,5-6,9-10H2. The van der Waals surface area contributed by atoms with Crippen molar-refractivity contribution in [2.24, 2.45) is 0 Å². The molecule has 0 aliphatic heterocycles. The zero-order valence-electron chi connectivity index (χ0n) is 10.4. The summed E-state index contributed by atoms with van der Waals surface area (Å²) >= 11 is 6.06. The van der Waals surface area contributed by atoms with Gasteiger partial charge in [-0.3, -0.25) is 0 Å². The van der Waals surface area contributed by atoms with Gasteiger partial charge in [0.05, 0.1) is 5.52 Å². The predicted octanol–water partition coefficient (Wildman–Crippen LogP) is 4.21. The van der Waals surface area contributed by atoms with E-state index in [1.54, 1.807) is 6.33 Å². The molecule has 0 saturated carbocycles. The number of rotatable bonds is 7. The zero-order chi connectivity index (χ0) is 12.6. The number of para-hydroxylation sites is 1. The maximum Gasteiger partial charge on any atom is 0.117 e. The number of hydrogen-bond donors (Lipinski definition) is 1. The molecule has 18 heavy (non-hydrogen) atoms. The molecular formula is C14H18N2S2. The van der Waals surface area contributed by atoms with Crippen LogP contribution in [0.15, 0.2) is 35.6 Å². The van der Waals surface area contributed by atoms with Crippen LogP contribution in [0.4, 0.5) is 0 Å². The predicted molar refractivity (Wildman–Crippen MR) is 82.6 cm³/mol. The van der Waals surface area contributed by atoms with Gasteiger partial charge in [0.2, 0.25) is 0 Å². The first kappa shape index (κ1) is 13.7. The number of benzene rings is 1. The largest absolute Gasteiger partial charge is 0.236 e. The van der Waals surface area contributed by atoms with Crippen LogP contribution in [0.2, 0.25) is 0 Å². The Kier molecular flexibility index (Phi) is 5.81. The van der Waals surface area contributed by atoms with Crippen molar-refractivity contribution in [1.29, 1.82) is 0 Å². The van der Waals surface area contributed by atoms with Gasteiger partial charge in [0.1, 0.15) is 11.4 Å². The average molecular weight is 278 g/mol. The Hall–Kier alpha value is -0.740. The number of nitrogens with zero attached hydrogens (tertiary/aromatic N) is 2. The van der Waals surface area contributed by atoms with Crippen LogP contribution in [0.25, 0.3) is 10.9 Å². The van der Waals surface area contributed by atoms with Crippen molar-refractivity contribution in [3.63, 3.8) is 0 Å². The molecule has 0 aliphatic carbocycles. The van der Waals surface area contributed by atoms with E-state index in [1.165, 1.54) is 31.1 Å². The summed E-state index contributed by atoms with van der Waals surface area (Å²) in [6, 6.07) is 8.19. The van der Waals surface area contributed by atoms with Crippen molar-refractivity contribution in [3.8, 4) is 0 Å². The number of aromatic nitrogens is 2. The van der Waals surface area contributed by atoms with E-state index < -0.39 is 0 Å². The summed E-state index contributed by atoms with van der Waals surface area (Å²) in [5, 5.41) is 2.27. The quantitative estimate of drug-likeness (QED) is 0.355. The highest BCUT2D eigenvalue weighted by Crippen LogP contribution is 2.25. The number of hydrogen-bond acceptors (Lipinski definition) is 4. The van der Waals surface area contributed by atoms with Crippen molar-refractivity contribution in [2.75, 3.05) is 11.5 Å². The lowest BCUT2D eigenvalue weighted by molar-refractivity contribution is 0.712. The van der Waals surface area contributed by atoms with E-state index in [4.69, 9.17) is 0 Å². The molecule has 0 saturated heterocycles. The Morgan fingerprint density at radius 2 is 1.83 bits per heavy atom. The third-order valence-corrected chi connectivity index (χ3v) is 4.21. The molecule has 0 spiro atoms. The summed E-state index contributed by atoms with van der Waals surface area (Å²) in [6.07, 6.45) is 6.71. The average Bonchev–Trinajstić information content (AvgIpc) is 2.43. The van der Waals surface area contributed by atoms with Gasteiger partial charge in [-0.2, -0.15) is 12.6 Å². The third-order valence-electron chi connectivity index (χ3n) is 2.80. The zero-order valence-corrected chi connectivity index (χ0v) is 12.1. The van der Waals surface area contributed by atoms with Crippen molar-refractivity contribution in [3.05, 3.63) is 30.6 Å². The molecular weight excluding hydrogens is 260 g/mol. The van der Waals surface area contributed by atoms with Gasteiger partial charge in [-0.05, 0) is 30.4 Å². The van der Waals surface area contributed by atoms with Crippen LogP contribution in [-0.2, 0) is 0 Å². The number of thiol groups is 1. The summed E-state index contributed by atoms with van der Waals surface area (Å²) in [5.41, 5.74) is 1.03. The SMILES string of the molecule is SCCCCCCSc1ncnc2ccccc12. The van der Waals surface area contributed by atoms with Crippen LogP contribution >= 0.6 is 24.4 Å². The molecule has 4 heteroatoms. The molecule has 2 aromatic rings. The Labute approximate surface area is 118 Å². The summed E-state index contributed by atoms with van der Waals surface area (Å²) in [5.74, 6) is 2.14. The molecule has 1 aromatic heterocycles. The summed E-state index contributed by atoms with van der Waals surface area (Å²) < 4.78 is 0. The van der Waals surface area contributed by atoms with Crippen molar-refractivity contribution < 1.29 is 0 Å². The fourth-order valence-electron chi connectivity index (χ4n) is 1.83. The highest BCUT2D eigenvalue weighted by Gasteiger charge is 2.02. The van der Waals surface area contributed by atoms with E-state index in [1.807, 2.05) is 30.0 Å². The van der Waals surface area contributed by atoms with Gasteiger partial charge in [-0.1, -0.05) is 31.0 Å². The van der Waals surface area contributed by atoms with E-state index in [-0.39, 0.29) is 0 Å². The molecule has 0 aliphatic rings. The molecule has 1 aromatic carbocycles. The minimum atomic E-state index is 1.00. The normalized spacial score (nSPS) is 10.9. The fraction of sp³-hybridized carbons (Fsp3) is 0.429. The lowest BCUT2D eigenvalue weighted by Crippen LogP contribution is -1.88. The van der Waals surface area contributed by atoms with Crippen LogP contribution in [0.3, 0.4) is 0 Å². The Morgan fingerprint density at radius 3 is 2.72 bits per heavy atom. The van der Waals surface area contributed by atoms with Gasteiger partial charge < -0.3 is 0 Å². The Morgan fingerprint density at radius 1 is 1.00 bits per heavy atom. The molecule has 0 bridgehead atoms. The first-order valence-corrected chi connectivity index (χ1v) is 7.97. The highest BCUT2D eigenvalue weighted by molar-refractivity contribution is 7.99. The molecule has 2 nitrogen and oxygen atoms in total. The smallest absolute Gasteiger partial charge is 0.117 e. The fourth-order valence-corrected chi connectivity index (χ4v) is 3.05. The summed E-state index contributed by atoms with van der Waals surface area (Å²) in [7, 11) is 0. The molecule has 0 amide bonds. The molecule has 2 rings (SSSR count). The first-order valence-electron chi connectivity index (χ1n) is 6.35. The Bertz CT molecular complexity index is 483. The molecule has 0 atom stereocenters. The van der Waals surface area contributed by atoms with E-state index in [2.05, 4.69) is 28.7 Å². The minimum absolute atomic E-state index is 1.00. The molecule has 96 valence electrons. The second-order valence-corrected chi connectivity index (χ2v) is 5.71. The van der Waals surface area contributed by atoms with E-state index >= 15 is 0 Å². The minimum Gasteiger partial charge on any atom is -0.236 e. The van der Waals surface area contributed by atoms with E-state index in [0.717, 1.165) is 22.0 Å². The van der Waals surface area contributed by atoms with Crippen molar-refractivity contribution >= 4 is 35.3 Å². The van der Waals surface area contributed by atoms with Gasteiger partial charge >= 0.3 is 0 Å². The van der Waals surface area contributed by atoms with E-state index in [0.29, 0.717) is 0 Å². The van der Waals surface area contributed by atoms with Crippen LogP contribution in [0.1, 0.15) is 25.7 Å². The van der Waals surface area contributed by atoms with Crippen LogP contribution < -0.4 is 0 Å². The van der Waals surface area contributed by atoms with Crippen molar-refractivity contribution in [1.82, 2.24) is 9.97 Å². The topological polar surface area (TPSA) is 25.8 Å². The van der Waals surface area contributed by atoms with Gasteiger partial charge in [0.25, 0.3) is 0 Å². The highest BCUT2D eigenvalue weighted by atomic mass is 32.2.